The van der Waals surface area contributed by atoms with Gasteiger partial charge in [-0.1, -0.05) is 19.1 Å². The summed E-state index contributed by atoms with van der Waals surface area (Å²) >= 11 is 4.80. The van der Waals surface area contributed by atoms with Crippen LogP contribution >= 0.6 is 12.2 Å². The van der Waals surface area contributed by atoms with E-state index in [-0.39, 0.29) is 0 Å². The summed E-state index contributed by atoms with van der Waals surface area (Å²) in [6, 6.07) is 0. The molecule has 0 aromatic heterocycles. The SMILES string of the molecule is CCC(=S)N(CC)C(=O)O. The molecule has 0 heterocycles. The van der Waals surface area contributed by atoms with Crippen molar-refractivity contribution in [3.05, 3.63) is 0 Å². The predicted molar refractivity (Wildman–Crippen MR) is 43.3 cm³/mol. The van der Waals surface area contributed by atoms with Crippen molar-refractivity contribution in [1.29, 1.82) is 0 Å². The van der Waals surface area contributed by atoms with Crippen LogP contribution in [0.15, 0.2) is 0 Å². The van der Waals surface area contributed by atoms with Crippen molar-refractivity contribution in [2.45, 2.75) is 20.3 Å². The van der Waals surface area contributed by atoms with E-state index in [2.05, 4.69) is 0 Å². The Kier molecular flexibility index (Phi) is 3.95. The smallest absolute Gasteiger partial charge is 0.412 e. The minimum absolute atomic E-state index is 0.433. The highest BCUT2D eigenvalue weighted by Crippen LogP contribution is 1.96. The molecule has 0 saturated carbocycles. The van der Waals surface area contributed by atoms with Gasteiger partial charge in [-0.15, -0.1) is 0 Å². The van der Waals surface area contributed by atoms with Crippen LogP contribution in [0.1, 0.15) is 20.3 Å². The number of carbonyl (C=O) groups is 1. The largest absolute Gasteiger partial charge is 0.465 e. The summed E-state index contributed by atoms with van der Waals surface area (Å²) in [7, 11) is 0. The molecule has 10 heavy (non-hydrogen) atoms. The predicted octanol–water partition coefficient (Wildman–Crippen LogP) is 1.72. The van der Waals surface area contributed by atoms with Crippen LogP contribution in [0, 0.1) is 0 Å². The van der Waals surface area contributed by atoms with E-state index in [4.69, 9.17) is 17.3 Å². The highest BCUT2D eigenvalue weighted by Gasteiger charge is 2.11. The third-order valence-electron chi connectivity index (χ3n) is 1.15. The number of rotatable bonds is 2. The zero-order valence-corrected chi connectivity index (χ0v) is 6.94. The minimum atomic E-state index is -0.964. The standard InChI is InChI=1S/C6H11NO2S/c1-3-5(10)7(4-2)6(8)9/h3-4H2,1-2H3,(H,8,9). The van der Waals surface area contributed by atoms with Crippen LogP contribution < -0.4 is 0 Å². The maximum absolute atomic E-state index is 10.4. The molecule has 0 bridgehead atoms. The second kappa shape index (κ2) is 4.22. The number of nitrogens with zero attached hydrogens (tertiary/aromatic N) is 1. The summed E-state index contributed by atoms with van der Waals surface area (Å²) in [5, 5.41) is 8.51. The Morgan fingerprint density at radius 1 is 1.60 bits per heavy atom. The molecular weight excluding hydrogens is 150 g/mol. The zero-order valence-electron chi connectivity index (χ0n) is 6.13. The summed E-state index contributed by atoms with van der Waals surface area (Å²) in [5.41, 5.74) is 0. The molecule has 0 fully saturated rings. The number of hydrogen-bond donors (Lipinski definition) is 1. The van der Waals surface area contributed by atoms with Crippen molar-refractivity contribution >= 4 is 23.3 Å². The molecule has 4 heteroatoms. The maximum Gasteiger partial charge on any atom is 0.412 e. The lowest BCUT2D eigenvalue weighted by molar-refractivity contribution is 0.171. The van der Waals surface area contributed by atoms with Gasteiger partial charge in [0, 0.05) is 6.54 Å². The average Bonchev–Trinajstić information content (AvgIpc) is 1.88. The van der Waals surface area contributed by atoms with E-state index >= 15 is 0 Å². The molecule has 0 unspecified atom stereocenters. The third-order valence-corrected chi connectivity index (χ3v) is 1.66. The van der Waals surface area contributed by atoms with Gasteiger partial charge in [-0.3, -0.25) is 4.90 Å². The van der Waals surface area contributed by atoms with Gasteiger partial charge in [0.05, 0.1) is 4.99 Å². The van der Waals surface area contributed by atoms with E-state index in [1.807, 2.05) is 6.92 Å². The molecule has 0 spiro atoms. The van der Waals surface area contributed by atoms with Crippen LogP contribution in [-0.2, 0) is 0 Å². The lowest BCUT2D eigenvalue weighted by Gasteiger charge is -2.15. The summed E-state index contributed by atoms with van der Waals surface area (Å²) in [6.45, 7) is 4.03. The van der Waals surface area contributed by atoms with Crippen molar-refractivity contribution in [3.8, 4) is 0 Å². The second-order valence-electron chi connectivity index (χ2n) is 1.77. The Morgan fingerprint density at radius 3 is 2.20 bits per heavy atom. The summed E-state index contributed by atoms with van der Waals surface area (Å²) < 4.78 is 0. The van der Waals surface area contributed by atoms with Gasteiger partial charge in [0.25, 0.3) is 0 Å². The van der Waals surface area contributed by atoms with E-state index in [9.17, 15) is 4.79 Å². The molecular formula is C6H11NO2S. The van der Waals surface area contributed by atoms with Gasteiger partial charge >= 0.3 is 6.09 Å². The minimum Gasteiger partial charge on any atom is -0.465 e. The van der Waals surface area contributed by atoms with E-state index in [0.717, 1.165) is 4.90 Å². The molecule has 0 aromatic carbocycles. The number of hydrogen-bond acceptors (Lipinski definition) is 2. The highest BCUT2D eigenvalue weighted by molar-refractivity contribution is 7.80. The fraction of sp³-hybridized carbons (Fsp3) is 0.667. The Morgan fingerprint density at radius 2 is 2.10 bits per heavy atom. The van der Waals surface area contributed by atoms with Crippen molar-refractivity contribution in [1.82, 2.24) is 4.90 Å². The van der Waals surface area contributed by atoms with E-state index in [1.54, 1.807) is 6.92 Å². The van der Waals surface area contributed by atoms with E-state index < -0.39 is 6.09 Å². The summed E-state index contributed by atoms with van der Waals surface area (Å²) in [6.07, 6.45) is -0.357. The molecule has 0 aliphatic rings. The third kappa shape index (κ3) is 2.31. The molecule has 0 aliphatic carbocycles. The normalized spacial score (nSPS) is 9.00. The van der Waals surface area contributed by atoms with Crippen LogP contribution in [0.5, 0.6) is 0 Å². The number of amides is 1. The van der Waals surface area contributed by atoms with Crippen LogP contribution in [0.2, 0.25) is 0 Å². The van der Waals surface area contributed by atoms with E-state index in [1.165, 1.54) is 0 Å². The zero-order chi connectivity index (χ0) is 8.15. The summed E-state index contributed by atoms with van der Waals surface area (Å²) in [4.78, 5) is 12.0. The first-order chi connectivity index (χ1) is 4.63. The molecule has 1 amide bonds. The topological polar surface area (TPSA) is 40.5 Å². The molecule has 0 aromatic rings. The van der Waals surface area contributed by atoms with Crippen molar-refractivity contribution in [3.63, 3.8) is 0 Å². The Hall–Kier alpha value is -0.640. The Balaban J connectivity index is 4.06. The van der Waals surface area contributed by atoms with Gasteiger partial charge in [-0.05, 0) is 13.3 Å². The van der Waals surface area contributed by atoms with Gasteiger partial charge in [-0.2, -0.15) is 0 Å². The Labute approximate surface area is 65.6 Å². The first kappa shape index (κ1) is 9.36. The second-order valence-corrected chi connectivity index (χ2v) is 2.25. The monoisotopic (exact) mass is 161 g/mol. The van der Waals surface area contributed by atoms with Crippen LogP contribution in [0.3, 0.4) is 0 Å². The molecule has 0 atom stereocenters. The lowest BCUT2D eigenvalue weighted by atomic mass is 10.4. The quantitative estimate of drug-likeness (QED) is 0.627. The highest BCUT2D eigenvalue weighted by atomic mass is 32.1. The maximum atomic E-state index is 10.4. The molecule has 58 valence electrons. The van der Waals surface area contributed by atoms with Crippen molar-refractivity contribution < 1.29 is 9.90 Å². The Bertz CT molecular complexity index is 147. The molecule has 0 rings (SSSR count). The van der Waals surface area contributed by atoms with Crippen LogP contribution in [0.25, 0.3) is 0 Å². The average molecular weight is 161 g/mol. The fourth-order valence-corrected chi connectivity index (χ4v) is 0.816. The molecule has 1 N–H and O–H groups in total. The first-order valence-electron chi connectivity index (χ1n) is 3.16. The molecule has 0 saturated heterocycles. The van der Waals surface area contributed by atoms with Gasteiger partial charge in [0.2, 0.25) is 0 Å². The molecule has 0 radical (unpaired) electrons. The first-order valence-corrected chi connectivity index (χ1v) is 3.57. The van der Waals surface area contributed by atoms with Crippen LogP contribution in [-0.4, -0.2) is 27.6 Å². The van der Waals surface area contributed by atoms with Gasteiger partial charge in [0.1, 0.15) is 0 Å². The van der Waals surface area contributed by atoms with Crippen molar-refractivity contribution in [2.24, 2.45) is 0 Å². The fourth-order valence-electron chi connectivity index (χ4n) is 0.609. The van der Waals surface area contributed by atoms with Crippen LogP contribution in [0.4, 0.5) is 4.79 Å². The lowest BCUT2D eigenvalue weighted by Crippen LogP contribution is -2.33. The van der Waals surface area contributed by atoms with Gasteiger partial charge in [0.15, 0.2) is 0 Å². The summed E-state index contributed by atoms with van der Waals surface area (Å²) in [5.74, 6) is 0. The van der Waals surface area contributed by atoms with Crippen molar-refractivity contribution in [2.75, 3.05) is 6.54 Å². The molecule has 3 nitrogen and oxygen atoms in total. The number of thiocarbonyl (C=S) groups is 1. The van der Waals surface area contributed by atoms with E-state index in [0.29, 0.717) is 18.0 Å². The number of carboxylic acid groups (broad SMARTS) is 1. The van der Waals surface area contributed by atoms with Gasteiger partial charge in [-0.25, -0.2) is 4.79 Å². The van der Waals surface area contributed by atoms with Gasteiger partial charge < -0.3 is 5.11 Å². The molecule has 0 aliphatic heterocycles.